The molecule has 2 heterocycles. The van der Waals surface area contributed by atoms with Crippen molar-refractivity contribution in [3.8, 4) is 0 Å². The van der Waals surface area contributed by atoms with Crippen molar-refractivity contribution in [2.45, 2.75) is 85.5 Å². The molecule has 1 unspecified atom stereocenters. The van der Waals surface area contributed by atoms with Crippen molar-refractivity contribution in [1.29, 1.82) is 0 Å². The summed E-state index contributed by atoms with van der Waals surface area (Å²) in [4.78, 5) is 5.58. The van der Waals surface area contributed by atoms with Gasteiger partial charge in [-0.25, -0.2) is 0 Å². The molecule has 146 valence electrons. The van der Waals surface area contributed by atoms with Gasteiger partial charge in [0.05, 0.1) is 0 Å². The van der Waals surface area contributed by atoms with Crippen molar-refractivity contribution in [3.63, 3.8) is 0 Å². The van der Waals surface area contributed by atoms with E-state index in [0.29, 0.717) is 5.41 Å². The lowest BCUT2D eigenvalue weighted by atomic mass is 9.71. The van der Waals surface area contributed by atoms with Crippen LogP contribution in [-0.2, 0) is 0 Å². The number of hydrogen-bond acceptors (Lipinski definition) is 2. The molecule has 2 heteroatoms. The Morgan fingerprint density at radius 3 is 1.84 bits per heavy atom. The molecular formula is C23H44N2. The lowest BCUT2D eigenvalue weighted by Crippen LogP contribution is -2.48. The predicted octanol–water partition coefficient (Wildman–Crippen LogP) is 5.43. The molecule has 0 radical (unpaired) electrons. The van der Waals surface area contributed by atoms with Gasteiger partial charge < -0.3 is 9.80 Å². The maximum Gasteiger partial charge on any atom is 0.00381 e. The predicted molar refractivity (Wildman–Crippen MR) is 109 cm³/mol. The van der Waals surface area contributed by atoms with Crippen molar-refractivity contribution < 1.29 is 0 Å². The second-order valence-corrected chi connectivity index (χ2v) is 10.5. The number of nitrogens with zero attached hydrogens (tertiary/aromatic N) is 2. The maximum atomic E-state index is 2.84. The van der Waals surface area contributed by atoms with Crippen LogP contribution in [0.25, 0.3) is 0 Å². The minimum Gasteiger partial charge on any atom is -0.303 e. The Bertz CT molecular complexity index is 394. The Morgan fingerprint density at radius 1 is 0.800 bits per heavy atom. The molecule has 2 aliphatic heterocycles. The summed E-state index contributed by atoms with van der Waals surface area (Å²) in [5, 5.41) is 0. The highest BCUT2D eigenvalue weighted by atomic mass is 15.2. The molecule has 3 rings (SSSR count). The first-order valence-electron chi connectivity index (χ1n) is 11.4. The topological polar surface area (TPSA) is 6.48 Å². The average Bonchev–Trinajstić information content (AvgIpc) is 3.35. The highest BCUT2D eigenvalue weighted by Gasteiger charge is 2.46. The van der Waals surface area contributed by atoms with Crippen LogP contribution in [0.3, 0.4) is 0 Å². The van der Waals surface area contributed by atoms with Gasteiger partial charge in [0.2, 0.25) is 0 Å². The van der Waals surface area contributed by atoms with Gasteiger partial charge in [-0.3, -0.25) is 0 Å². The molecule has 0 aromatic carbocycles. The van der Waals surface area contributed by atoms with Gasteiger partial charge in [0.1, 0.15) is 0 Å². The molecule has 0 amide bonds. The Balaban J connectivity index is 1.39. The second-order valence-electron chi connectivity index (χ2n) is 10.5. The van der Waals surface area contributed by atoms with Gasteiger partial charge in [-0.15, -0.1) is 0 Å². The van der Waals surface area contributed by atoms with E-state index < -0.39 is 0 Å². The third-order valence-electron chi connectivity index (χ3n) is 7.85. The molecule has 0 bridgehead atoms. The molecule has 0 N–H and O–H groups in total. The number of piperidine rings is 2. The van der Waals surface area contributed by atoms with Gasteiger partial charge in [-0.1, -0.05) is 34.1 Å². The van der Waals surface area contributed by atoms with Crippen molar-refractivity contribution in [2.24, 2.45) is 22.7 Å². The van der Waals surface area contributed by atoms with Gasteiger partial charge in [0, 0.05) is 6.54 Å². The number of rotatable bonds is 8. The van der Waals surface area contributed by atoms with Crippen LogP contribution in [0.2, 0.25) is 0 Å². The van der Waals surface area contributed by atoms with Crippen LogP contribution in [0.15, 0.2) is 0 Å². The largest absolute Gasteiger partial charge is 0.303 e. The Kier molecular flexibility index (Phi) is 6.53. The molecular weight excluding hydrogens is 304 g/mol. The van der Waals surface area contributed by atoms with Crippen molar-refractivity contribution in [3.05, 3.63) is 0 Å². The summed E-state index contributed by atoms with van der Waals surface area (Å²) >= 11 is 0. The van der Waals surface area contributed by atoms with Crippen LogP contribution >= 0.6 is 0 Å². The molecule has 1 atom stereocenters. The summed E-state index contributed by atoms with van der Waals surface area (Å²) in [5.41, 5.74) is 1.43. The quantitative estimate of drug-likeness (QED) is 0.577. The van der Waals surface area contributed by atoms with Gasteiger partial charge in [0.25, 0.3) is 0 Å². The molecule has 2 nitrogen and oxygen atoms in total. The SMILES string of the molecule is CCC(C)CC1(CN2CCC3(CCN(CCC(C)C)CC3)CC2)CC1. The van der Waals surface area contributed by atoms with E-state index in [1.54, 1.807) is 0 Å². The fourth-order valence-electron chi connectivity index (χ4n) is 5.34. The van der Waals surface area contributed by atoms with Gasteiger partial charge in [-0.2, -0.15) is 0 Å². The van der Waals surface area contributed by atoms with E-state index in [-0.39, 0.29) is 0 Å². The van der Waals surface area contributed by atoms with Crippen molar-refractivity contribution in [1.82, 2.24) is 9.80 Å². The maximum absolute atomic E-state index is 2.84. The van der Waals surface area contributed by atoms with Crippen molar-refractivity contribution in [2.75, 3.05) is 39.3 Å². The van der Waals surface area contributed by atoms with Crippen LogP contribution in [0.5, 0.6) is 0 Å². The Labute approximate surface area is 157 Å². The molecule has 1 aliphatic carbocycles. The zero-order chi connectivity index (χ0) is 17.9. The van der Waals surface area contributed by atoms with E-state index in [9.17, 15) is 0 Å². The normalized spacial score (nSPS) is 27.7. The zero-order valence-corrected chi connectivity index (χ0v) is 17.7. The van der Waals surface area contributed by atoms with E-state index in [1.807, 2.05) is 0 Å². The number of likely N-dealkylation sites (tertiary alicyclic amines) is 2. The van der Waals surface area contributed by atoms with E-state index in [4.69, 9.17) is 0 Å². The average molecular weight is 349 g/mol. The lowest BCUT2D eigenvalue weighted by molar-refractivity contribution is 0.0258. The molecule has 3 aliphatic rings. The van der Waals surface area contributed by atoms with E-state index in [1.165, 1.54) is 97.1 Å². The first kappa shape index (κ1) is 19.7. The van der Waals surface area contributed by atoms with E-state index in [0.717, 1.165) is 17.3 Å². The van der Waals surface area contributed by atoms with Crippen LogP contribution in [0.4, 0.5) is 0 Å². The first-order valence-corrected chi connectivity index (χ1v) is 11.4. The molecule has 25 heavy (non-hydrogen) atoms. The molecule has 0 aromatic rings. The Hall–Kier alpha value is -0.0800. The van der Waals surface area contributed by atoms with Gasteiger partial charge in [-0.05, 0) is 107 Å². The molecule has 1 spiro atoms. The summed E-state index contributed by atoms with van der Waals surface area (Å²) in [6.45, 7) is 17.8. The van der Waals surface area contributed by atoms with Crippen molar-refractivity contribution >= 4 is 0 Å². The van der Waals surface area contributed by atoms with Crippen LogP contribution in [-0.4, -0.2) is 49.1 Å². The second kappa shape index (κ2) is 8.30. The molecule has 1 saturated carbocycles. The summed E-state index contributed by atoms with van der Waals surface area (Å²) < 4.78 is 0. The van der Waals surface area contributed by atoms with Crippen LogP contribution in [0.1, 0.15) is 85.5 Å². The molecule has 2 saturated heterocycles. The monoisotopic (exact) mass is 348 g/mol. The summed E-state index contributed by atoms with van der Waals surface area (Å²) in [5.74, 6) is 1.78. The fourth-order valence-corrected chi connectivity index (χ4v) is 5.34. The lowest BCUT2D eigenvalue weighted by Gasteiger charge is -2.47. The summed E-state index contributed by atoms with van der Waals surface area (Å²) in [7, 11) is 0. The fraction of sp³-hybridized carbons (Fsp3) is 1.00. The molecule has 0 aromatic heterocycles. The third-order valence-corrected chi connectivity index (χ3v) is 7.85. The number of hydrogen-bond donors (Lipinski definition) is 0. The smallest absolute Gasteiger partial charge is 0.00381 e. The first-order chi connectivity index (χ1) is 11.9. The Morgan fingerprint density at radius 2 is 1.36 bits per heavy atom. The third kappa shape index (κ3) is 5.45. The highest BCUT2D eigenvalue weighted by Crippen LogP contribution is 2.52. The highest BCUT2D eigenvalue weighted by molar-refractivity contribution is 4.98. The summed E-state index contributed by atoms with van der Waals surface area (Å²) in [6.07, 6.45) is 13.1. The zero-order valence-electron chi connectivity index (χ0n) is 17.7. The van der Waals surface area contributed by atoms with Gasteiger partial charge >= 0.3 is 0 Å². The minimum absolute atomic E-state index is 0.707. The summed E-state index contributed by atoms with van der Waals surface area (Å²) in [6, 6.07) is 0. The van der Waals surface area contributed by atoms with E-state index >= 15 is 0 Å². The van der Waals surface area contributed by atoms with Crippen LogP contribution < -0.4 is 0 Å². The standard InChI is InChI=1S/C23H44N2/c1-5-21(4)18-23(7-8-23)19-25-16-11-22(12-17-25)9-14-24(15-10-22)13-6-20(2)3/h20-21H,5-19H2,1-4H3. The van der Waals surface area contributed by atoms with E-state index in [2.05, 4.69) is 37.5 Å². The van der Waals surface area contributed by atoms with Gasteiger partial charge in [0.15, 0.2) is 0 Å². The van der Waals surface area contributed by atoms with Crippen LogP contribution in [0, 0.1) is 22.7 Å². The minimum atomic E-state index is 0.707. The molecule has 3 fully saturated rings.